The van der Waals surface area contributed by atoms with Crippen LogP contribution in [0.3, 0.4) is 0 Å². The number of benzene rings is 3. The smallest absolute Gasteiger partial charge is 0.416 e. The zero-order valence-corrected chi connectivity index (χ0v) is 28.8. The Kier molecular flexibility index (Phi) is 10.4. The van der Waals surface area contributed by atoms with Crippen molar-refractivity contribution in [3.05, 3.63) is 53.6 Å². The minimum atomic E-state index is -1.33. The van der Waals surface area contributed by atoms with Gasteiger partial charge in [0.25, 0.3) is 5.91 Å². The number of hydrogen-bond acceptors (Lipinski definition) is 11. The van der Waals surface area contributed by atoms with Crippen molar-refractivity contribution < 1.29 is 39.1 Å². The molecule has 0 aliphatic carbocycles. The van der Waals surface area contributed by atoms with Gasteiger partial charge in [-0.05, 0) is 36.8 Å². The second-order valence-corrected chi connectivity index (χ2v) is 15.1. The van der Waals surface area contributed by atoms with Crippen LogP contribution in [0.5, 0.6) is 17.2 Å². The molecule has 252 valence electrons. The molecule has 1 fully saturated rings. The molecule has 2 N–H and O–H groups in total. The van der Waals surface area contributed by atoms with Crippen molar-refractivity contribution >= 4 is 67.3 Å². The number of ether oxygens (including phenoxy) is 2. The number of methoxy groups -OCH3 is 1. The highest BCUT2D eigenvalue weighted by Gasteiger charge is 2.45. The van der Waals surface area contributed by atoms with Gasteiger partial charge in [0, 0.05) is 59.1 Å². The maximum Gasteiger partial charge on any atom is 0.416 e. The summed E-state index contributed by atoms with van der Waals surface area (Å²) in [6.45, 7) is 5.12. The van der Waals surface area contributed by atoms with E-state index in [4.69, 9.17) is 30.8 Å². The molecule has 3 aliphatic rings. The minimum Gasteiger partial charge on any atom is -0.507 e. The van der Waals surface area contributed by atoms with Crippen molar-refractivity contribution in [1.29, 1.82) is 0 Å². The quantitative estimate of drug-likeness (QED) is 0.101. The van der Waals surface area contributed by atoms with E-state index in [1.54, 1.807) is 32.6 Å². The van der Waals surface area contributed by atoms with E-state index in [9.17, 15) is 19.8 Å². The lowest BCUT2D eigenvalue weighted by atomic mass is 9.95. The zero-order valence-electron chi connectivity index (χ0n) is 26.4. The summed E-state index contributed by atoms with van der Waals surface area (Å²) in [6, 6.07) is 11.7. The Morgan fingerprint density at radius 3 is 2.68 bits per heavy atom. The number of rotatable bonds is 11. The molecule has 3 aliphatic heterocycles. The van der Waals surface area contributed by atoms with Gasteiger partial charge < -0.3 is 34.4 Å². The maximum atomic E-state index is 13.7. The van der Waals surface area contributed by atoms with Crippen molar-refractivity contribution in [2.75, 3.05) is 55.0 Å². The van der Waals surface area contributed by atoms with Gasteiger partial charge >= 0.3 is 6.09 Å². The Morgan fingerprint density at radius 2 is 1.94 bits per heavy atom. The van der Waals surface area contributed by atoms with Crippen LogP contribution in [0.25, 0.3) is 10.8 Å². The lowest BCUT2D eigenvalue weighted by molar-refractivity contribution is -0.206. The maximum absolute atomic E-state index is 13.7. The number of fused-ring (bicyclic) bond motifs is 5. The molecule has 0 aromatic heterocycles. The van der Waals surface area contributed by atoms with Crippen LogP contribution in [0, 0.1) is 0 Å². The zero-order chi connectivity index (χ0) is 33.2. The third-order valence-corrected chi connectivity index (χ3v) is 12.0. The standard InChI is InChI=1S/C33H38ClN3O8S2/c1-4-46-47-19(2)17-43-33(41)37-25-14-29(28(42-3)12-23(25)31(39)36-11-7-10-24(36)32(37)40)45-44-18-35-16-20(15-34)30-22-9-6-5-8-21(22)27(38)13-26(30)35/h5-6,8-9,12-14,19-20,24,32,38,40H,4,7,10-11,15-18H2,1-3H3/t19?,20-,24+,32?/m1/s1. The number of halogens is 1. The van der Waals surface area contributed by atoms with Crippen molar-refractivity contribution in [2.24, 2.45) is 0 Å². The summed E-state index contributed by atoms with van der Waals surface area (Å²) in [7, 11) is 4.73. The van der Waals surface area contributed by atoms with Crippen LogP contribution >= 0.6 is 33.2 Å². The van der Waals surface area contributed by atoms with Crippen LogP contribution < -0.4 is 19.4 Å². The van der Waals surface area contributed by atoms with Crippen LogP contribution in [0.15, 0.2) is 42.5 Å². The summed E-state index contributed by atoms with van der Waals surface area (Å²) < 4.78 is 11.3. The summed E-state index contributed by atoms with van der Waals surface area (Å²) in [4.78, 5) is 43.5. The number of amides is 2. The molecule has 6 rings (SSSR count). The summed E-state index contributed by atoms with van der Waals surface area (Å²) in [5.74, 6) is 1.45. The van der Waals surface area contributed by atoms with Crippen LogP contribution in [-0.4, -0.2) is 89.8 Å². The molecule has 0 bridgehead atoms. The predicted molar refractivity (Wildman–Crippen MR) is 185 cm³/mol. The van der Waals surface area contributed by atoms with Gasteiger partial charge in [-0.3, -0.25) is 4.79 Å². The molecule has 11 nitrogen and oxygen atoms in total. The number of aromatic hydroxyl groups is 1. The van der Waals surface area contributed by atoms with Crippen LogP contribution in [0.4, 0.5) is 16.2 Å². The van der Waals surface area contributed by atoms with Gasteiger partial charge in [-0.15, -0.1) is 11.6 Å². The number of aliphatic hydroxyl groups is 1. The number of hydrogen-bond donors (Lipinski definition) is 2. The van der Waals surface area contributed by atoms with E-state index in [1.165, 1.54) is 19.2 Å². The van der Waals surface area contributed by atoms with Gasteiger partial charge in [0.2, 0.25) is 5.75 Å². The van der Waals surface area contributed by atoms with Crippen LogP contribution in [0.1, 0.15) is 48.5 Å². The third kappa shape index (κ3) is 6.48. The Balaban J connectivity index is 1.27. The van der Waals surface area contributed by atoms with E-state index >= 15 is 0 Å². The first-order chi connectivity index (χ1) is 22.8. The molecule has 0 saturated carbocycles. The minimum absolute atomic E-state index is 0.00556. The first-order valence-electron chi connectivity index (χ1n) is 15.6. The molecule has 47 heavy (non-hydrogen) atoms. The number of phenols is 1. The van der Waals surface area contributed by atoms with Gasteiger partial charge in [0.05, 0.1) is 24.4 Å². The Labute approximate surface area is 286 Å². The van der Waals surface area contributed by atoms with Crippen molar-refractivity contribution in [3.63, 3.8) is 0 Å². The number of alkyl halides is 1. The topological polar surface area (TPSA) is 121 Å². The molecule has 0 spiro atoms. The number of carbonyl (C=O) groups is 2. The molecule has 0 radical (unpaired) electrons. The van der Waals surface area contributed by atoms with E-state index in [0.717, 1.165) is 32.7 Å². The molecule has 3 aromatic carbocycles. The summed E-state index contributed by atoms with van der Waals surface area (Å²) in [6.07, 6.45) is -0.850. The fraction of sp³-hybridized carbons (Fsp3) is 0.455. The van der Waals surface area contributed by atoms with Gasteiger partial charge in [-0.25, -0.2) is 9.69 Å². The molecular weight excluding hydrogens is 666 g/mol. The number of carbonyl (C=O) groups excluding carboxylic acids is 2. The van der Waals surface area contributed by atoms with Crippen molar-refractivity contribution in [3.8, 4) is 17.2 Å². The second-order valence-electron chi connectivity index (χ2n) is 11.7. The van der Waals surface area contributed by atoms with Crippen molar-refractivity contribution in [2.45, 2.75) is 50.1 Å². The van der Waals surface area contributed by atoms with E-state index < -0.39 is 18.4 Å². The normalized spacial score (nSPS) is 20.9. The van der Waals surface area contributed by atoms with Crippen LogP contribution in [-0.2, 0) is 9.62 Å². The highest BCUT2D eigenvalue weighted by molar-refractivity contribution is 8.76. The molecule has 2 unspecified atom stereocenters. The fourth-order valence-electron chi connectivity index (χ4n) is 6.56. The highest BCUT2D eigenvalue weighted by atomic mass is 35.5. The monoisotopic (exact) mass is 703 g/mol. The summed E-state index contributed by atoms with van der Waals surface area (Å²) in [5.41, 5.74) is 2.13. The molecule has 1 saturated heterocycles. The predicted octanol–water partition coefficient (Wildman–Crippen LogP) is 6.33. The highest BCUT2D eigenvalue weighted by Crippen LogP contribution is 2.46. The summed E-state index contributed by atoms with van der Waals surface area (Å²) in [5, 5.41) is 24.0. The Hall–Kier alpha value is -3.23. The fourth-order valence-corrected chi connectivity index (χ4v) is 8.57. The first kappa shape index (κ1) is 33.7. The van der Waals surface area contributed by atoms with E-state index in [0.29, 0.717) is 31.8 Å². The largest absolute Gasteiger partial charge is 0.507 e. The Morgan fingerprint density at radius 1 is 1.15 bits per heavy atom. The first-order valence-corrected chi connectivity index (χ1v) is 18.5. The van der Waals surface area contributed by atoms with Gasteiger partial charge in [0.1, 0.15) is 12.4 Å². The van der Waals surface area contributed by atoms with Gasteiger partial charge in [0.15, 0.2) is 18.7 Å². The van der Waals surface area contributed by atoms with Gasteiger partial charge in [-0.2, -0.15) is 4.89 Å². The van der Waals surface area contributed by atoms with E-state index in [2.05, 4.69) is 6.92 Å². The lowest BCUT2D eigenvalue weighted by Gasteiger charge is -2.32. The second kappa shape index (κ2) is 14.5. The molecule has 14 heteroatoms. The average molecular weight is 704 g/mol. The molecule has 3 heterocycles. The SMILES string of the molecule is CCSSC(C)COC(=O)N1c2cc(OOCN3C[C@@H](CCl)c4c3cc(O)c3ccccc43)c(OC)cc2C(=O)N2CCC[C@H]2C1O. The lowest BCUT2D eigenvalue weighted by Crippen LogP contribution is -2.51. The van der Waals surface area contributed by atoms with E-state index in [-0.39, 0.29) is 58.9 Å². The number of phenolic OH excluding ortho intramolecular Hbond substituents is 1. The van der Waals surface area contributed by atoms with Crippen LogP contribution in [0.2, 0.25) is 0 Å². The molecule has 4 atom stereocenters. The van der Waals surface area contributed by atoms with E-state index in [1.807, 2.05) is 36.1 Å². The molecule has 2 amide bonds. The number of aliphatic hydroxyl groups excluding tert-OH is 1. The van der Waals surface area contributed by atoms with Crippen molar-refractivity contribution in [1.82, 2.24) is 4.90 Å². The number of nitrogens with zero attached hydrogens (tertiary/aromatic N) is 3. The Bertz CT molecular complexity index is 1650. The molecule has 3 aromatic rings. The number of anilines is 2. The third-order valence-electron chi connectivity index (χ3n) is 8.70. The average Bonchev–Trinajstić information content (AvgIpc) is 3.70. The summed E-state index contributed by atoms with van der Waals surface area (Å²) >= 11 is 6.38. The van der Waals surface area contributed by atoms with Gasteiger partial charge in [-0.1, -0.05) is 52.8 Å². The molecular formula is C33H38ClN3O8S2.